The summed E-state index contributed by atoms with van der Waals surface area (Å²) >= 11 is 1.85. The van der Waals surface area contributed by atoms with Gasteiger partial charge in [-0.3, -0.25) is 0 Å². The molecule has 8 aromatic carbocycles. The van der Waals surface area contributed by atoms with Crippen LogP contribution in [0.1, 0.15) is 0 Å². The van der Waals surface area contributed by atoms with Crippen LogP contribution in [0.5, 0.6) is 0 Å². The maximum absolute atomic E-state index is 6.57. The van der Waals surface area contributed by atoms with Gasteiger partial charge in [0.05, 0.1) is 10.4 Å². The van der Waals surface area contributed by atoms with E-state index < -0.39 is 0 Å². The van der Waals surface area contributed by atoms with Gasteiger partial charge in [0.25, 0.3) is 0 Å². The highest BCUT2D eigenvalue weighted by molar-refractivity contribution is 7.26. The molecule has 3 heterocycles. The smallest absolute Gasteiger partial charge is 0.164 e. The zero-order valence-electron chi connectivity index (χ0n) is 30.6. The normalized spacial score (nSPS) is 11.5. The molecule has 0 radical (unpaired) electrons. The van der Waals surface area contributed by atoms with Crippen LogP contribution < -0.4 is 4.90 Å². The van der Waals surface area contributed by atoms with Crippen molar-refractivity contribution in [3.63, 3.8) is 0 Å². The van der Waals surface area contributed by atoms with Gasteiger partial charge in [0.15, 0.2) is 17.5 Å². The first-order valence-corrected chi connectivity index (χ1v) is 19.7. The molecule has 0 amide bonds. The second-order valence-corrected chi connectivity index (χ2v) is 15.1. The highest BCUT2D eigenvalue weighted by atomic mass is 32.1. The van der Waals surface area contributed by atoms with E-state index >= 15 is 0 Å². The minimum atomic E-state index is 0.596. The van der Waals surface area contributed by atoms with Crippen molar-refractivity contribution in [2.24, 2.45) is 0 Å². The first kappa shape index (κ1) is 33.0. The van der Waals surface area contributed by atoms with Gasteiger partial charge in [-0.05, 0) is 71.8 Å². The van der Waals surface area contributed by atoms with Crippen molar-refractivity contribution >= 4 is 70.5 Å². The number of rotatable bonds is 7. The third kappa shape index (κ3) is 5.91. The molecule has 0 aliphatic heterocycles. The van der Waals surface area contributed by atoms with E-state index in [1.807, 2.05) is 78.1 Å². The SMILES string of the molecule is c1ccc(-c2nc(-c3ccccc3)nc(-c3ccc4c(c3)oc3cc(-c5ccc(N(c6ccccc6)c6cccc7c6sc6ccccc67)cc5)ccc34)n2)cc1. The number of aromatic nitrogens is 3. The first-order valence-electron chi connectivity index (χ1n) is 18.9. The number of nitrogens with zero attached hydrogens (tertiary/aromatic N) is 4. The summed E-state index contributed by atoms with van der Waals surface area (Å²) in [5.74, 6) is 1.85. The molecule has 0 spiro atoms. The first-order chi connectivity index (χ1) is 28.2. The predicted molar refractivity (Wildman–Crippen MR) is 236 cm³/mol. The van der Waals surface area contributed by atoms with Gasteiger partial charge >= 0.3 is 0 Å². The average Bonchev–Trinajstić information content (AvgIpc) is 3.86. The molecule has 5 nitrogen and oxygen atoms in total. The summed E-state index contributed by atoms with van der Waals surface area (Å²) in [7, 11) is 0. The lowest BCUT2D eigenvalue weighted by molar-refractivity contribution is 0.669. The molecule has 0 saturated carbocycles. The Morgan fingerprint density at radius 2 is 0.877 bits per heavy atom. The monoisotopic (exact) mass is 748 g/mol. The van der Waals surface area contributed by atoms with Crippen LogP contribution in [0, 0.1) is 0 Å². The van der Waals surface area contributed by atoms with Gasteiger partial charge in [0.1, 0.15) is 11.2 Å². The molecule has 0 aliphatic carbocycles. The van der Waals surface area contributed by atoms with Crippen molar-refractivity contribution in [2.75, 3.05) is 4.90 Å². The molecule has 0 fully saturated rings. The lowest BCUT2D eigenvalue weighted by Crippen LogP contribution is -2.09. The van der Waals surface area contributed by atoms with E-state index in [9.17, 15) is 0 Å². The van der Waals surface area contributed by atoms with Gasteiger partial charge in [-0.2, -0.15) is 0 Å². The van der Waals surface area contributed by atoms with E-state index in [4.69, 9.17) is 19.4 Å². The number of furan rings is 1. The number of thiophene rings is 1. The summed E-state index contributed by atoms with van der Waals surface area (Å²) in [4.78, 5) is 17.1. The van der Waals surface area contributed by atoms with Crippen LogP contribution in [0.4, 0.5) is 17.1 Å². The quantitative estimate of drug-likeness (QED) is 0.162. The van der Waals surface area contributed by atoms with E-state index in [1.54, 1.807) is 0 Å². The predicted octanol–water partition coefficient (Wildman–Crippen LogP) is 14.3. The van der Waals surface area contributed by atoms with Gasteiger partial charge in [-0.1, -0.05) is 133 Å². The van der Waals surface area contributed by atoms with Crippen molar-refractivity contribution in [3.8, 4) is 45.3 Å². The van der Waals surface area contributed by atoms with Gasteiger partial charge in [0.2, 0.25) is 0 Å². The summed E-state index contributed by atoms with van der Waals surface area (Å²) < 4.78 is 9.14. The van der Waals surface area contributed by atoms with Crippen molar-refractivity contribution in [1.29, 1.82) is 0 Å². The van der Waals surface area contributed by atoms with Gasteiger partial charge in [-0.25, -0.2) is 15.0 Å². The third-order valence-corrected chi connectivity index (χ3v) is 11.7. The highest BCUT2D eigenvalue weighted by Crippen LogP contribution is 2.45. The molecule has 0 atom stereocenters. The Bertz CT molecular complexity index is 3170. The van der Waals surface area contributed by atoms with Gasteiger partial charge in [0, 0.05) is 54.3 Å². The van der Waals surface area contributed by atoms with Crippen LogP contribution in [0.25, 0.3) is 87.4 Å². The number of hydrogen-bond acceptors (Lipinski definition) is 6. The molecule has 3 aromatic heterocycles. The van der Waals surface area contributed by atoms with Crippen LogP contribution in [-0.2, 0) is 0 Å². The van der Waals surface area contributed by atoms with Crippen LogP contribution in [0.2, 0.25) is 0 Å². The second kappa shape index (κ2) is 13.7. The Kier molecular flexibility index (Phi) is 7.93. The third-order valence-electron chi connectivity index (χ3n) is 10.5. The fraction of sp³-hybridized carbons (Fsp3) is 0. The average molecular weight is 749 g/mol. The molecular weight excluding hydrogens is 717 g/mol. The van der Waals surface area contributed by atoms with Crippen LogP contribution >= 0.6 is 11.3 Å². The lowest BCUT2D eigenvalue weighted by Gasteiger charge is -2.26. The summed E-state index contributed by atoms with van der Waals surface area (Å²) in [5.41, 5.74) is 9.92. The van der Waals surface area contributed by atoms with Gasteiger partial charge in [-0.15, -0.1) is 11.3 Å². The maximum Gasteiger partial charge on any atom is 0.164 e. The fourth-order valence-electron chi connectivity index (χ4n) is 7.75. The Labute approximate surface area is 332 Å². The summed E-state index contributed by atoms with van der Waals surface area (Å²) in [5, 5.41) is 4.68. The zero-order valence-corrected chi connectivity index (χ0v) is 31.4. The molecule has 11 rings (SSSR count). The number of hydrogen-bond donors (Lipinski definition) is 0. The molecule has 6 heteroatoms. The number of fused-ring (bicyclic) bond motifs is 6. The second-order valence-electron chi connectivity index (χ2n) is 14.0. The molecule has 0 aliphatic rings. The molecular formula is C51H32N4OS. The van der Waals surface area contributed by atoms with Crippen molar-refractivity contribution < 1.29 is 4.42 Å². The molecule has 11 aromatic rings. The molecule has 0 saturated heterocycles. The number of para-hydroxylation sites is 1. The number of anilines is 3. The standard InChI is InChI=1S/C51H32N4OS/c1-4-13-34(14-5-1)49-52-50(35-15-6-2-7-16-35)54-51(53-49)37-26-30-41-40-29-25-36(31-45(40)56-46(41)32-37)33-23-27-39(28-24-33)55(38-17-8-3-9-18-38)44-21-12-20-43-42-19-10-11-22-47(42)57-48(43)44/h1-32H. The molecule has 0 N–H and O–H groups in total. The Morgan fingerprint density at radius 3 is 1.54 bits per heavy atom. The zero-order chi connectivity index (χ0) is 37.7. The topological polar surface area (TPSA) is 55.1 Å². The van der Waals surface area contributed by atoms with E-state index in [-0.39, 0.29) is 0 Å². The molecule has 0 bridgehead atoms. The maximum atomic E-state index is 6.57. The lowest BCUT2D eigenvalue weighted by atomic mass is 10.0. The summed E-state index contributed by atoms with van der Waals surface area (Å²) in [6.07, 6.45) is 0. The largest absolute Gasteiger partial charge is 0.456 e. The fourth-order valence-corrected chi connectivity index (χ4v) is 8.96. The summed E-state index contributed by atoms with van der Waals surface area (Å²) in [6, 6.07) is 67.5. The molecule has 268 valence electrons. The van der Waals surface area contributed by atoms with Crippen molar-refractivity contribution in [1.82, 2.24) is 15.0 Å². The van der Waals surface area contributed by atoms with Crippen molar-refractivity contribution in [2.45, 2.75) is 0 Å². The Hall–Kier alpha value is -7.41. The highest BCUT2D eigenvalue weighted by Gasteiger charge is 2.19. The number of benzene rings is 8. The van der Waals surface area contributed by atoms with E-state index in [0.29, 0.717) is 17.5 Å². The minimum Gasteiger partial charge on any atom is -0.456 e. The molecule has 57 heavy (non-hydrogen) atoms. The van der Waals surface area contributed by atoms with Crippen molar-refractivity contribution in [3.05, 3.63) is 194 Å². The van der Waals surface area contributed by atoms with E-state index in [2.05, 4.69) is 132 Å². The molecule has 0 unspecified atom stereocenters. The Morgan fingerprint density at radius 1 is 0.368 bits per heavy atom. The Balaban J connectivity index is 0.956. The van der Waals surface area contributed by atoms with E-state index in [1.165, 1.54) is 25.9 Å². The van der Waals surface area contributed by atoms with Gasteiger partial charge < -0.3 is 9.32 Å². The summed E-state index contributed by atoms with van der Waals surface area (Å²) in [6.45, 7) is 0. The van der Waals surface area contributed by atoms with Crippen LogP contribution in [0.15, 0.2) is 199 Å². The van der Waals surface area contributed by atoms with Crippen LogP contribution in [-0.4, -0.2) is 15.0 Å². The van der Waals surface area contributed by atoms with E-state index in [0.717, 1.165) is 61.1 Å². The van der Waals surface area contributed by atoms with Crippen LogP contribution in [0.3, 0.4) is 0 Å². The minimum absolute atomic E-state index is 0.596.